The third kappa shape index (κ3) is 13.1. The zero-order chi connectivity index (χ0) is 82.0. The van der Waals surface area contributed by atoms with Crippen LogP contribution in [0.5, 0.6) is 0 Å². The first-order chi connectivity index (χ1) is 61.5. The van der Waals surface area contributed by atoms with Gasteiger partial charge in [-0.05, 0) is 63.4 Å². The van der Waals surface area contributed by atoms with Gasteiger partial charge < -0.3 is 8.83 Å². The molecule has 16 aromatic carbocycles. The van der Waals surface area contributed by atoms with E-state index in [9.17, 15) is 0 Å². The van der Waals surface area contributed by atoms with Crippen molar-refractivity contribution >= 4 is 76.5 Å². The SMILES string of the molecule is c1ccc(-c2nc(-c3ccc(-c4c(-c5ccccc5)nn5c(-c6ccccc6)cc6ccccc6c45)cc3)nc(-c3cccc(-c4cccc5c4oc4ccccc45)c3)n2)cc1.c1ccc(-c2nc(-c3ccc(-c4cccc5c4oc4ccccc45)cc3)nc(-c3ccc(-c4c(-c5ccccc5)nn5c(-c6ccccc6)cc6ccccc6c45)cc3)n2)cc1. The Labute approximate surface area is 712 Å². The molecule has 0 saturated heterocycles. The number of pyridine rings is 2. The fraction of sp³-hybridized carbons (Fsp3) is 0. The zero-order valence-electron chi connectivity index (χ0n) is 66.7. The molecule has 24 aromatic rings. The van der Waals surface area contributed by atoms with Gasteiger partial charge in [-0.15, -0.1) is 0 Å². The second-order valence-electron chi connectivity index (χ2n) is 30.9. The van der Waals surface area contributed by atoms with Crippen molar-refractivity contribution < 1.29 is 8.83 Å². The average Bonchev–Trinajstić information content (AvgIpc) is 1.57. The minimum atomic E-state index is 0.588. The fourth-order valence-electron chi connectivity index (χ4n) is 17.4. The normalized spacial score (nSPS) is 11.5. The maximum atomic E-state index is 6.43. The molecule has 0 fully saturated rings. The smallest absolute Gasteiger partial charge is 0.164 e. The molecule has 24 rings (SSSR count). The van der Waals surface area contributed by atoms with Gasteiger partial charge in [0.15, 0.2) is 34.9 Å². The van der Waals surface area contributed by atoms with Crippen LogP contribution in [0.2, 0.25) is 0 Å². The highest BCUT2D eigenvalue weighted by molar-refractivity contribution is 6.13. The monoisotopic (exact) mass is 1590 g/mol. The summed E-state index contributed by atoms with van der Waals surface area (Å²) in [4.78, 5) is 30.5. The molecule has 0 radical (unpaired) electrons. The molecule has 0 aliphatic heterocycles. The van der Waals surface area contributed by atoms with Crippen LogP contribution in [0, 0.1) is 0 Å². The molecule has 8 heterocycles. The lowest BCUT2D eigenvalue weighted by Crippen LogP contribution is -2.00. The van der Waals surface area contributed by atoms with Gasteiger partial charge in [-0.2, -0.15) is 10.2 Å². The Kier molecular flexibility index (Phi) is 17.9. The molecule has 0 amide bonds. The van der Waals surface area contributed by atoms with Crippen molar-refractivity contribution in [2.75, 3.05) is 0 Å². The quantitative estimate of drug-likeness (QED) is 0.103. The lowest BCUT2D eigenvalue weighted by molar-refractivity contribution is 0.669. The van der Waals surface area contributed by atoms with Gasteiger partial charge in [0.05, 0.1) is 22.4 Å². The van der Waals surface area contributed by atoms with Crippen LogP contribution in [-0.2, 0) is 0 Å². The summed E-state index contributed by atoms with van der Waals surface area (Å²) in [6, 6.07) is 147. The molecular formula is C112H70N10O2. The highest BCUT2D eigenvalue weighted by atomic mass is 16.3. The lowest BCUT2D eigenvalue weighted by Gasteiger charge is -2.11. The summed E-state index contributed by atoms with van der Waals surface area (Å²) < 4.78 is 17.0. The van der Waals surface area contributed by atoms with Gasteiger partial charge in [0.1, 0.15) is 33.7 Å². The Bertz CT molecular complexity index is 8180. The summed E-state index contributed by atoms with van der Waals surface area (Å²) in [5.74, 6) is 3.58. The van der Waals surface area contributed by atoms with Crippen LogP contribution in [0.25, 0.3) is 234 Å². The number of para-hydroxylation sites is 4. The predicted octanol–water partition coefficient (Wildman–Crippen LogP) is 28.5. The molecule has 0 aliphatic carbocycles. The molecule has 0 spiro atoms. The molecule has 0 bridgehead atoms. The summed E-state index contributed by atoms with van der Waals surface area (Å²) in [6.07, 6.45) is 0. The largest absolute Gasteiger partial charge is 0.455 e. The number of benzene rings is 16. The molecule has 580 valence electrons. The molecule has 0 N–H and O–H groups in total. The van der Waals surface area contributed by atoms with Crippen LogP contribution in [0.1, 0.15) is 0 Å². The molecule has 8 aromatic heterocycles. The minimum Gasteiger partial charge on any atom is -0.455 e. The minimum absolute atomic E-state index is 0.588. The van der Waals surface area contributed by atoms with E-state index in [1.165, 1.54) is 0 Å². The second kappa shape index (κ2) is 30.8. The van der Waals surface area contributed by atoms with Crippen molar-refractivity contribution in [2.45, 2.75) is 0 Å². The van der Waals surface area contributed by atoms with Crippen LogP contribution >= 0.6 is 0 Å². The average molecular weight is 1590 g/mol. The van der Waals surface area contributed by atoms with Crippen molar-refractivity contribution in [3.05, 3.63) is 425 Å². The fourth-order valence-corrected chi connectivity index (χ4v) is 17.4. The molecule has 0 atom stereocenters. The summed E-state index contributed by atoms with van der Waals surface area (Å²) in [5, 5.41) is 19.8. The highest BCUT2D eigenvalue weighted by Gasteiger charge is 2.26. The zero-order valence-corrected chi connectivity index (χ0v) is 66.7. The van der Waals surface area contributed by atoms with Crippen LogP contribution < -0.4 is 0 Å². The van der Waals surface area contributed by atoms with Gasteiger partial charge in [0, 0.05) is 110 Å². The van der Waals surface area contributed by atoms with E-state index in [1.54, 1.807) is 0 Å². The van der Waals surface area contributed by atoms with E-state index in [0.29, 0.717) is 34.9 Å². The van der Waals surface area contributed by atoms with E-state index in [0.717, 1.165) is 199 Å². The number of hydrogen-bond donors (Lipinski definition) is 0. The van der Waals surface area contributed by atoms with E-state index in [-0.39, 0.29) is 0 Å². The predicted molar refractivity (Wildman–Crippen MR) is 503 cm³/mol. The number of hydrogen-bond acceptors (Lipinski definition) is 10. The van der Waals surface area contributed by atoms with E-state index >= 15 is 0 Å². The Morgan fingerprint density at radius 3 is 0.855 bits per heavy atom. The summed E-state index contributed by atoms with van der Waals surface area (Å²) in [5.41, 5.74) is 27.5. The van der Waals surface area contributed by atoms with Gasteiger partial charge in [-0.25, -0.2) is 38.9 Å². The molecule has 0 saturated carbocycles. The number of aromatic nitrogens is 10. The van der Waals surface area contributed by atoms with Gasteiger partial charge in [0.2, 0.25) is 0 Å². The maximum absolute atomic E-state index is 6.43. The summed E-state index contributed by atoms with van der Waals surface area (Å²) >= 11 is 0. The van der Waals surface area contributed by atoms with E-state index in [4.69, 9.17) is 48.9 Å². The van der Waals surface area contributed by atoms with Crippen LogP contribution in [0.15, 0.2) is 433 Å². The van der Waals surface area contributed by atoms with E-state index in [1.807, 2.05) is 121 Å². The summed E-state index contributed by atoms with van der Waals surface area (Å²) in [6.45, 7) is 0. The highest BCUT2D eigenvalue weighted by Crippen LogP contribution is 2.46. The Morgan fingerprint density at radius 2 is 0.460 bits per heavy atom. The third-order valence-corrected chi connectivity index (χ3v) is 23.4. The van der Waals surface area contributed by atoms with Gasteiger partial charge in [-0.3, -0.25) is 0 Å². The van der Waals surface area contributed by atoms with Crippen LogP contribution in [0.4, 0.5) is 0 Å². The van der Waals surface area contributed by atoms with Crippen molar-refractivity contribution in [1.29, 1.82) is 0 Å². The molecular weight excluding hydrogens is 1520 g/mol. The Hall–Kier alpha value is -17.0. The lowest BCUT2D eigenvalue weighted by atomic mass is 9.96. The standard InChI is InChI=1S/2C56H35N5O/c1-4-16-36(17-5-1)48-35-42-22-10-11-25-44(42)52-50(51(60-61(48)52)38-18-6-2-7-19-38)37-30-32-40(33-31-37)55-57-54(39-20-8-3-9-21-39)58-56(59-55)43-24-14-23-41(34-43)45-27-15-28-47-46-26-12-13-29-49(46)62-53(45)47;1-4-15-37(16-5-1)48-35-43-21-10-11-22-44(43)52-50(51(60-61(48)52)39-17-6-2-7-18-39)38-29-33-42(34-30-38)56-58-54(40-19-8-3-9-20-40)57-55(59-56)41-31-27-36(28-32-41)45-24-14-25-47-46-23-12-13-26-49(46)62-53(45)47/h2*1-35H. The number of rotatable bonds is 14. The van der Waals surface area contributed by atoms with E-state index in [2.05, 4.69) is 312 Å². The van der Waals surface area contributed by atoms with Crippen molar-refractivity contribution in [1.82, 2.24) is 49.1 Å². The van der Waals surface area contributed by atoms with Crippen molar-refractivity contribution in [2.24, 2.45) is 0 Å². The number of nitrogens with zero attached hydrogens (tertiary/aromatic N) is 10. The van der Waals surface area contributed by atoms with Gasteiger partial charge in [0.25, 0.3) is 0 Å². The van der Waals surface area contributed by atoms with Gasteiger partial charge >= 0.3 is 0 Å². The molecule has 0 unspecified atom stereocenters. The molecule has 0 aliphatic rings. The van der Waals surface area contributed by atoms with Crippen LogP contribution in [0.3, 0.4) is 0 Å². The third-order valence-electron chi connectivity index (χ3n) is 23.4. The van der Waals surface area contributed by atoms with Crippen LogP contribution in [-0.4, -0.2) is 49.1 Å². The first-order valence-corrected chi connectivity index (χ1v) is 41.4. The van der Waals surface area contributed by atoms with Crippen molar-refractivity contribution in [3.8, 4) is 158 Å². The molecule has 124 heavy (non-hydrogen) atoms. The number of fused-ring (bicyclic) bond motifs is 12. The Balaban J connectivity index is 0.000000143. The van der Waals surface area contributed by atoms with E-state index < -0.39 is 0 Å². The molecule has 12 heteroatoms. The van der Waals surface area contributed by atoms with Gasteiger partial charge in [-0.1, -0.05) is 394 Å². The van der Waals surface area contributed by atoms with Crippen molar-refractivity contribution in [3.63, 3.8) is 0 Å². The first kappa shape index (κ1) is 72.3. The first-order valence-electron chi connectivity index (χ1n) is 41.4. The maximum Gasteiger partial charge on any atom is 0.164 e. The number of furan rings is 2. The second-order valence-corrected chi connectivity index (χ2v) is 30.9. The Morgan fingerprint density at radius 1 is 0.185 bits per heavy atom. The summed E-state index contributed by atoms with van der Waals surface area (Å²) in [7, 11) is 0. The topological polar surface area (TPSA) is 138 Å². The molecule has 12 nitrogen and oxygen atoms in total.